The Morgan fingerprint density at radius 1 is 0.542 bits per heavy atom. The number of hydrogen-bond acceptors (Lipinski definition) is 4. The van der Waals surface area contributed by atoms with Gasteiger partial charge in [-0.1, -0.05) is 78.6 Å². The Morgan fingerprint density at radius 2 is 0.750 bits per heavy atom. The van der Waals surface area contributed by atoms with Crippen molar-refractivity contribution in [2.24, 2.45) is 0 Å². The second-order valence-corrected chi connectivity index (χ2v) is 36.8. The summed E-state index contributed by atoms with van der Waals surface area (Å²) < 4.78 is 6.98. The summed E-state index contributed by atoms with van der Waals surface area (Å²) in [5, 5.41) is 0. The van der Waals surface area contributed by atoms with Gasteiger partial charge in [0.25, 0.3) is 0 Å². The van der Waals surface area contributed by atoms with Gasteiger partial charge in [-0.15, -0.1) is 23.5 Å². The van der Waals surface area contributed by atoms with Crippen molar-refractivity contribution in [1.82, 2.24) is 8.00 Å². The van der Waals surface area contributed by atoms with Gasteiger partial charge in [0.15, 0.2) is 0 Å². The third-order valence-corrected chi connectivity index (χ3v) is 31.9. The first kappa shape index (κ1) is 25.9. The van der Waals surface area contributed by atoms with Crippen LogP contribution in [0.2, 0.25) is 78.6 Å². The molecule has 0 rings (SSSR count). The van der Waals surface area contributed by atoms with Crippen molar-refractivity contribution < 1.29 is 0 Å². The van der Waals surface area contributed by atoms with Gasteiger partial charge in [-0.05, 0) is 12.5 Å². The van der Waals surface area contributed by atoms with Gasteiger partial charge in [0.05, 0.1) is 4.32 Å². The zero-order chi connectivity index (χ0) is 19.7. The summed E-state index contributed by atoms with van der Waals surface area (Å²) in [5.41, 5.74) is 0. The lowest BCUT2D eigenvalue weighted by molar-refractivity contribution is 0.860. The van der Waals surface area contributed by atoms with E-state index < -0.39 is 32.9 Å². The van der Waals surface area contributed by atoms with E-state index in [4.69, 9.17) is 0 Å². The molecule has 0 aromatic carbocycles. The predicted molar refractivity (Wildman–Crippen MR) is 135 cm³/mol. The third kappa shape index (κ3) is 7.15. The summed E-state index contributed by atoms with van der Waals surface area (Å²) in [6.45, 7) is 30.9. The first-order chi connectivity index (χ1) is 10.4. The summed E-state index contributed by atoms with van der Waals surface area (Å²) in [5.74, 6) is 0. The minimum absolute atomic E-state index is 0.264. The minimum atomic E-state index is -1.40. The van der Waals surface area contributed by atoms with E-state index >= 15 is 0 Å². The maximum Gasteiger partial charge on any atom is 0.117 e. The van der Waals surface area contributed by atoms with E-state index in [9.17, 15) is 0 Å². The van der Waals surface area contributed by atoms with Crippen molar-refractivity contribution in [2.45, 2.75) is 82.9 Å². The molecule has 0 saturated heterocycles. The lowest BCUT2D eigenvalue weighted by Gasteiger charge is -2.59. The van der Waals surface area contributed by atoms with Crippen LogP contribution in [0.25, 0.3) is 0 Å². The summed E-state index contributed by atoms with van der Waals surface area (Å²) in [6.07, 6.45) is 4.66. The van der Waals surface area contributed by atoms with Crippen LogP contribution in [0.4, 0.5) is 0 Å². The Hall–Kier alpha value is 1.92. The Morgan fingerprint density at radius 3 is 0.875 bits per heavy atom. The topological polar surface area (TPSA) is 6.48 Å². The Kier molecular flexibility index (Phi) is 9.66. The Bertz CT molecular complexity index is 336. The number of rotatable bonds is 9. The van der Waals surface area contributed by atoms with E-state index in [1.807, 2.05) is 0 Å². The second-order valence-electron chi connectivity index (χ2n) is 10.4. The van der Waals surface area contributed by atoms with Crippen LogP contribution in [-0.2, 0) is 0 Å². The van der Waals surface area contributed by atoms with Gasteiger partial charge in [-0.25, -0.2) is 0 Å². The van der Waals surface area contributed by atoms with Crippen molar-refractivity contribution in [3.8, 4) is 0 Å². The zero-order valence-corrected chi connectivity index (χ0v) is 25.3. The van der Waals surface area contributed by atoms with Crippen LogP contribution >= 0.6 is 31.7 Å². The van der Waals surface area contributed by atoms with Crippen LogP contribution in [0.15, 0.2) is 0 Å². The average Bonchev–Trinajstić information content (AvgIpc) is 2.21. The molecule has 0 saturated carbocycles. The maximum absolute atomic E-state index is 3.14. The molecule has 9 heteroatoms. The van der Waals surface area contributed by atoms with Gasteiger partial charge in [-0.3, -0.25) is 0 Å². The summed E-state index contributed by atoms with van der Waals surface area (Å²) in [4.78, 5) is 0. The molecule has 0 aliphatic carbocycles. The fourth-order valence-corrected chi connectivity index (χ4v) is 39.2. The molecule has 146 valence electrons. The smallest absolute Gasteiger partial charge is 0.117 e. The van der Waals surface area contributed by atoms with Crippen LogP contribution in [0.3, 0.4) is 0 Å². The maximum atomic E-state index is 3.14. The molecule has 0 aromatic heterocycles. The first-order valence-corrected chi connectivity index (χ1v) is 26.5. The predicted octanol–water partition coefficient (Wildman–Crippen LogP) is 7.25. The molecule has 0 heterocycles. The quantitative estimate of drug-likeness (QED) is 0.204. The lowest BCUT2D eigenvalue weighted by atomic mass is 11.8. The normalized spacial score (nSPS) is 15.2. The molecule has 24 heavy (non-hydrogen) atoms. The average molecular weight is 459 g/mol. The summed E-state index contributed by atoms with van der Waals surface area (Å²) in [6, 6.07) is 0. The molecule has 0 aliphatic rings. The largest absolute Gasteiger partial charge is 0.312 e. The molecule has 0 spiro atoms. The molecule has 0 N–H and O–H groups in total. The molecule has 0 fully saturated rings. The fraction of sp³-hybridized carbons (Fsp3) is 1.00. The van der Waals surface area contributed by atoms with Crippen molar-refractivity contribution in [3.63, 3.8) is 0 Å². The molecular weight excluding hydrogens is 416 g/mol. The van der Waals surface area contributed by atoms with Crippen LogP contribution in [0.5, 0.6) is 0 Å². The Balaban J connectivity index is 6.55. The highest BCUT2D eigenvalue weighted by atomic mass is 32.2. The monoisotopic (exact) mass is 458 g/mol. The van der Waals surface area contributed by atoms with Gasteiger partial charge in [0.2, 0.25) is 0 Å². The molecule has 0 radical (unpaired) electrons. The summed E-state index contributed by atoms with van der Waals surface area (Å²) >= 11 is 4.19. The van der Waals surface area contributed by atoms with E-state index in [0.29, 0.717) is 4.32 Å². The van der Waals surface area contributed by atoms with Gasteiger partial charge < -0.3 is 8.00 Å². The van der Waals surface area contributed by atoms with E-state index in [0.717, 1.165) is 0 Å². The van der Waals surface area contributed by atoms with E-state index in [1.54, 1.807) is 0 Å². The third-order valence-electron chi connectivity index (χ3n) is 3.54. The SMILES string of the molecule is CSC(SC)P(N([Si](C)(C)C)[Si](C)(C)C)N([Si](C)(C)C)[Si](C)(C)C. The first-order valence-electron chi connectivity index (χ1n) is 8.84. The molecule has 0 atom stereocenters. The zero-order valence-electron chi connectivity index (χ0n) is 18.7. The van der Waals surface area contributed by atoms with Gasteiger partial charge in [0, 0.05) is 8.22 Å². The van der Waals surface area contributed by atoms with Crippen molar-refractivity contribution >= 4 is 64.7 Å². The van der Waals surface area contributed by atoms with Crippen molar-refractivity contribution in [3.05, 3.63) is 0 Å². The van der Waals surface area contributed by atoms with Gasteiger partial charge >= 0.3 is 0 Å². The highest BCUT2D eigenvalue weighted by Crippen LogP contribution is 2.63. The Labute approximate surface area is 167 Å². The highest BCUT2D eigenvalue weighted by Gasteiger charge is 2.50. The molecule has 0 unspecified atom stereocenters. The molecule has 0 aromatic rings. The van der Waals surface area contributed by atoms with Crippen molar-refractivity contribution in [2.75, 3.05) is 12.5 Å². The summed E-state index contributed by atoms with van der Waals surface area (Å²) in [7, 11) is -5.87. The number of hydrogen-bond donors (Lipinski definition) is 0. The van der Waals surface area contributed by atoms with E-state index in [2.05, 4.69) is 123 Å². The van der Waals surface area contributed by atoms with Crippen LogP contribution < -0.4 is 0 Å². The molecule has 0 bridgehead atoms. The van der Waals surface area contributed by atoms with E-state index in [-0.39, 0.29) is 8.22 Å². The van der Waals surface area contributed by atoms with Crippen LogP contribution in [0.1, 0.15) is 0 Å². The standard InChI is InChI=1S/C15H43N2PS2Si4/c1-19-15(20-2)18(16(21(3,4)5)22(6,7)8)17(23(9,10)11)24(12,13)14/h15H,1-14H3. The molecular formula is C15H43N2PS2Si4. The van der Waals surface area contributed by atoms with Gasteiger partial charge in [0.1, 0.15) is 32.9 Å². The lowest BCUT2D eigenvalue weighted by Crippen LogP contribution is -2.64. The molecule has 0 amide bonds. The van der Waals surface area contributed by atoms with E-state index in [1.165, 1.54) is 0 Å². The fourth-order valence-electron chi connectivity index (χ4n) is 3.80. The number of thioether (sulfide) groups is 2. The number of nitrogens with zero attached hydrogens (tertiary/aromatic N) is 2. The highest BCUT2D eigenvalue weighted by molar-refractivity contribution is 8.23. The molecule has 0 aliphatic heterocycles. The molecule has 2 nitrogen and oxygen atoms in total. The minimum Gasteiger partial charge on any atom is -0.312 e. The van der Waals surface area contributed by atoms with Crippen LogP contribution in [-0.4, -0.2) is 57.8 Å². The van der Waals surface area contributed by atoms with Crippen molar-refractivity contribution in [1.29, 1.82) is 0 Å². The van der Waals surface area contributed by atoms with Gasteiger partial charge in [-0.2, -0.15) is 0 Å². The van der Waals surface area contributed by atoms with Crippen LogP contribution in [0, 0.1) is 0 Å². The second kappa shape index (κ2) is 8.95.